The van der Waals surface area contributed by atoms with Gasteiger partial charge in [0, 0.05) is 29.7 Å². The van der Waals surface area contributed by atoms with Gasteiger partial charge in [0.05, 0.1) is 12.7 Å². The van der Waals surface area contributed by atoms with Gasteiger partial charge in [-0.25, -0.2) is 4.79 Å². The number of ether oxygens (including phenoxy) is 3. The highest BCUT2D eigenvalue weighted by molar-refractivity contribution is 6.00. The summed E-state index contributed by atoms with van der Waals surface area (Å²) in [5.74, 6) is -1.58. The van der Waals surface area contributed by atoms with Crippen LogP contribution in [0.3, 0.4) is 0 Å². The van der Waals surface area contributed by atoms with Crippen molar-refractivity contribution < 1.29 is 38.2 Å². The van der Waals surface area contributed by atoms with Crippen LogP contribution in [0.2, 0.25) is 0 Å². The van der Waals surface area contributed by atoms with Crippen LogP contribution in [0.15, 0.2) is 72.8 Å². The lowest BCUT2D eigenvalue weighted by Gasteiger charge is -2.08. The molecule has 0 aliphatic heterocycles. The summed E-state index contributed by atoms with van der Waals surface area (Å²) >= 11 is 0. The monoisotopic (exact) mass is 531 g/mol. The number of methoxy groups -OCH3 is 1. The van der Waals surface area contributed by atoms with E-state index in [0.29, 0.717) is 22.6 Å². The van der Waals surface area contributed by atoms with Crippen molar-refractivity contribution in [2.45, 2.75) is 26.2 Å². The molecule has 0 fully saturated rings. The maximum Gasteiger partial charge on any atom is 0.338 e. The normalized spacial score (nSPS) is 10.3. The Bertz CT molecular complexity index is 1310. The van der Waals surface area contributed by atoms with E-state index in [4.69, 9.17) is 14.2 Å². The molecule has 0 aliphatic carbocycles. The molecule has 0 atom stereocenters. The molecule has 9 heteroatoms. The van der Waals surface area contributed by atoms with Crippen LogP contribution >= 0.6 is 0 Å². The van der Waals surface area contributed by atoms with Gasteiger partial charge in [0.15, 0.2) is 24.8 Å². The van der Waals surface area contributed by atoms with Gasteiger partial charge in [0.2, 0.25) is 5.91 Å². The Morgan fingerprint density at radius 2 is 1.21 bits per heavy atom. The van der Waals surface area contributed by atoms with Gasteiger partial charge in [-0.1, -0.05) is 29.8 Å². The van der Waals surface area contributed by atoms with Gasteiger partial charge in [-0.3, -0.25) is 19.2 Å². The lowest BCUT2D eigenvalue weighted by molar-refractivity contribution is -0.142. The number of hydrogen-bond donors (Lipinski definition) is 1. The van der Waals surface area contributed by atoms with Crippen LogP contribution in [0.25, 0.3) is 0 Å². The van der Waals surface area contributed by atoms with E-state index in [1.54, 1.807) is 48.5 Å². The van der Waals surface area contributed by atoms with Crippen molar-refractivity contribution in [2.75, 3.05) is 25.6 Å². The molecule has 9 nitrogen and oxygen atoms in total. The zero-order valence-electron chi connectivity index (χ0n) is 21.7. The Labute approximate surface area is 226 Å². The summed E-state index contributed by atoms with van der Waals surface area (Å²) in [6, 6.07) is 19.4. The third kappa shape index (κ3) is 9.23. The number of benzene rings is 3. The number of rotatable bonds is 13. The van der Waals surface area contributed by atoms with Crippen molar-refractivity contribution in [3.63, 3.8) is 0 Å². The highest BCUT2D eigenvalue weighted by Gasteiger charge is 2.14. The van der Waals surface area contributed by atoms with E-state index in [9.17, 15) is 24.0 Å². The molecular formula is C30H29NO8. The molecule has 39 heavy (non-hydrogen) atoms. The molecule has 3 aromatic rings. The molecule has 3 rings (SSSR count). The highest BCUT2D eigenvalue weighted by Crippen LogP contribution is 2.14. The first-order valence-corrected chi connectivity index (χ1v) is 12.2. The topological polar surface area (TPSA) is 125 Å². The smallest absolute Gasteiger partial charge is 0.338 e. The zero-order chi connectivity index (χ0) is 28.2. The molecule has 0 saturated carbocycles. The number of amides is 1. The van der Waals surface area contributed by atoms with Crippen LogP contribution in [-0.4, -0.2) is 49.7 Å². The molecule has 3 aromatic carbocycles. The fourth-order valence-corrected chi connectivity index (χ4v) is 3.42. The van der Waals surface area contributed by atoms with E-state index < -0.39 is 18.5 Å². The van der Waals surface area contributed by atoms with E-state index in [1.165, 1.54) is 31.4 Å². The van der Waals surface area contributed by atoms with Gasteiger partial charge < -0.3 is 19.5 Å². The Morgan fingerprint density at radius 1 is 0.667 bits per heavy atom. The Kier molecular flexibility index (Phi) is 10.5. The van der Waals surface area contributed by atoms with Crippen molar-refractivity contribution in [1.82, 2.24) is 0 Å². The second-order valence-corrected chi connectivity index (χ2v) is 8.66. The summed E-state index contributed by atoms with van der Waals surface area (Å²) in [5.41, 5.74) is 2.56. The van der Waals surface area contributed by atoms with Crippen LogP contribution in [0, 0.1) is 6.92 Å². The maximum absolute atomic E-state index is 12.3. The highest BCUT2D eigenvalue weighted by atomic mass is 16.5. The van der Waals surface area contributed by atoms with Crippen molar-refractivity contribution in [3.05, 3.63) is 95.1 Å². The number of nitrogens with one attached hydrogen (secondary N) is 1. The van der Waals surface area contributed by atoms with Crippen molar-refractivity contribution in [2.24, 2.45) is 0 Å². The Hall–Kier alpha value is -4.79. The molecule has 0 saturated heterocycles. The van der Waals surface area contributed by atoms with Crippen molar-refractivity contribution in [1.29, 1.82) is 0 Å². The summed E-state index contributed by atoms with van der Waals surface area (Å²) in [6.07, 6.45) is 0.308. The van der Waals surface area contributed by atoms with E-state index in [2.05, 4.69) is 5.32 Å². The third-order valence-electron chi connectivity index (χ3n) is 5.67. The maximum atomic E-state index is 12.3. The molecule has 0 bridgehead atoms. The summed E-state index contributed by atoms with van der Waals surface area (Å²) in [7, 11) is 1.52. The average Bonchev–Trinajstić information content (AvgIpc) is 2.95. The summed E-state index contributed by atoms with van der Waals surface area (Å²) in [4.78, 5) is 60.6. The number of anilines is 1. The van der Waals surface area contributed by atoms with Crippen molar-refractivity contribution in [3.8, 4) is 5.75 Å². The molecule has 0 spiro atoms. The van der Waals surface area contributed by atoms with E-state index in [1.807, 2.05) is 6.92 Å². The van der Waals surface area contributed by atoms with Gasteiger partial charge in [0.25, 0.3) is 0 Å². The zero-order valence-corrected chi connectivity index (χ0v) is 21.7. The van der Waals surface area contributed by atoms with Crippen LogP contribution in [0.4, 0.5) is 5.69 Å². The first-order valence-electron chi connectivity index (χ1n) is 12.2. The second-order valence-electron chi connectivity index (χ2n) is 8.66. The number of esters is 2. The lowest BCUT2D eigenvalue weighted by Crippen LogP contribution is -2.16. The first kappa shape index (κ1) is 28.8. The minimum atomic E-state index is -0.672. The average molecular weight is 532 g/mol. The Morgan fingerprint density at radius 3 is 1.79 bits per heavy atom. The van der Waals surface area contributed by atoms with Gasteiger partial charge in [-0.15, -0.1) is 0 Å². The van der Waals surface area contributed by atoms with E-state index >= 15 is 0 Å². The Balaban J connectivity index is 1.35. The van der Waals surface area contributed by atoms with Crippen molar-refractivity contribution >= 4 is 35.1 Å². The summed E-state index contributed by atoms with van der Waals surface area (Å²) in [6.45, 7) is 1.15. The predicted octanol–water partition coefficient (Wildman–Crippen LogP) is 4.58. The third-order valence-corrected chi connectivity index (χ3v) is 5.67. The number of ketones is 2. The second kappa shape index (κ2) is 14.2. The van der Waals surface area contributed by atoms with Crippen LogP contribution < -0.4 is 10.1 Å². The fourth-order valence-electron chi connectivity index (χ4n) is 3.42. The van der Waals surface area contributed by atoms with Crippen LogP contribution in [0.5, 0.6) is 5.75 Å². The van der Waals surface area contributed by atoms with Gasteiger partial charge in [0.1, 0.15) is 5.75 Å². The fraction of sp³-hybridized carbons (Fsp3) is 0.233. The quantitative estimate of drug-likeness (QED) is 0.251. The molecule has 1 N–H and O–H groups in total. The molecule has 202 valence electrons. The summed E-state index contributed by atoms with van der Waals surface area (Å²) < 4.78 is 15.1. The standard InChI is InChI=1S/C30H29NO8/c1-20-6-8-21(9-7-20)26(32)18-38-29(35)5-3-4-28(34)31-24-14-10-23(11-15-24)30(36)39-19-27(33)22-12-16-25(37-2)17-13-22/h6-17H,3-5,18-19H2,1-2H3,(H,31,34). The van der Waals surface area contributed by atoms with Crippen LogP contribution in [-0.2, 0) is 19.1 Å². The minimum Gasteiger partial charge on any atom is -0.497 e. The molecule has 0 aliphatic rings. The molecular weight excluding hydrogens is 502 g/mol. The number of carbonyl (C=O) groups excluding carboxylic acids is 5. The summed E-state index contributed by atoms with van der Waals surface area (Å²) in [5, 5.41) is 2.68. The van der Waals surface area contributed by atoms with Gasteiger partial charge in [-0.2, -0.15) is 0 Å². The number of Topliss-reactive ketones (excluding diaryl/α,β-unsaturated/α-hetero) is 2. The molecule has 0 radical (unpaired) electrons. The minimum absolute atomic E-state index is 0.00534. The molecule has 0 unspecified atom stereocenters. The van der Waals surface area contributed by atoms with Crippen LogP contribution in [0.1, 0.15) is 55.9 Å². The SMILES string of the molecule is COc1ccc(C(=O)COC(=O)c2ccc(NC(=O)CCCC(=O)OCC(=O)c3ccc(C)cc3)cc2)cc1. The predicted molar refractivity (Wildman–Crippen MR) is 143 cm³/mol. The van der Waals surface area contributed by atoms with E-state index in [-0.39, 0.29) is 48.9 Å². The first-order chi connectivity index (χ1) is 18.7. The van der Waals surface area contributed by atoms with E-state index in [0.717, 1.165) is 5.56 Å². The number of hydrogen-bond acceptors (Lipinski definition) is 8. The lowest BCUT2D eigenvalue weighted by atomic mass is 10.1. The largest absolute Gasteiger partial charge is 0.497 e. The molecule has 0 aromatic heterocycles. The number of carbonyl (C=O) groups is 5. The molecule has 1 amide bonds. The van der Waals surface area contributed by atoms with Gasteiger partial charge >= 0.3 is 11.9 Å². The van der Waals surface area contributed by atoms with Gasteiger partial charge in [-0.05, 0) is 61.9 Å². The molecule has 0 heterocycles. The number of aryl methyl sites for hydroxylation is 1.